The van der Waals surface area contributed by atoms with Gasteiger partial charge in [-0.2, -0.15) is 0 Å². The van der Waals surface area contributed by atoms with E-state index in [0.717, 1.165) is 28.4 Å². The molecule has 0 saturated carbocycles. The van der Waals surface area contributed by atoms with Gasteiger partial charge in [0.05, 0.1) is 0 Å². The first kappa shape index (κ1) is 15.0. The van der Waals surface area contributed by atoms with Crippen molar-refractivity contribution in [2.24, 2.45) is 0 Å². The van der Waals surface area contributed by atoms with Crippen LogP contribution in [0, 0.1) is 0 Å². The van der Waals surface area contributed by atoms with Gasteiger partial charge in [0.2, 0.25) is 0 Å². The van der Waals surface area contributed by atoms with Gasteiger partial charge in [-0.15, -0.1) is 0 Å². The summed E-state index contributed by atoms with van der Waals surface area (Å²) in [5.74, 6) is 2.06. The van der Waals surface area contributed by atoms with E-state index in [1.165, 1.54) is 5.56 Å². The van der Waals surface area contributed by atoms with E-state index >= 15 is 0 Å². The lowest BCUT2D eigenvalue weighted by atomic mass is 10.1. The maximum atomic E-state index is 4.64. The first-order valence-corrected chi connectivity index (χ1v) is 7.67. The maximum absolute atomic E-state index is 4.64. The van der Waals surface area contributed by atoms with Crippen LogP contribution in [-0.4, -0.2) is 17.0 Å². The average Bonchev–Trinajstić information content (AvgIpc) is 2.46. The Kier molecular flexibility index (Phi) is 4.76. The fourth-order valence-corrected chi connectivity index (χ4v) is 2.33. The number of aryl methyl sites for hydroxylation is 1. The smallest absolute Gasteiger partial charge is 0.137 e. The second-order valence-electron chi connectivity index (χ2n) is 5.14. The van der Waals surface area contributed by atoms with Crippen LogP contribution < -0.4 is 4.90 Å². The first-order chi connectivity index (χ1) is 9.51. The quantitative estimate of drug-likeness (QED) is 0.760. The highest BCUT2D eigenvalue weighted by atomic mass is 79.9. The standard InChI is InChI=1S/C16H20BrN3/c1-5-12-6-8-13(9-7-12)20(4)15-10-14(17)18-16(19-15)11(2)3/h6-11H,5H2,1-4H3. The lowest BCUT2D eigenvalue weighted by Crippen LogP contribution is -2.13. The van der Waals surface area contributed by atoms with Crippen LogP contribution in [0.5, 0.6) is 0 Å². The number of nitrogens with zero attached hydrogens (tertiary/aromatic N) is 3. The van der Waals surface area contributed by atoms with Crippen molar-refractivity contribution >= 4 is 27.4 Å². The monoisotopic (exact) mass is 333 g/mol. The van der Waals surface area contributed by atoms with Crippen molar-refractivity contribution in [2.75, 3.05) is 11.9 Å². The zero-order chi connectivity index (χ0) is 14.7. The molecule has 0 amide bonds. The molecule has 0 saturated heterocycles. The van der Waals surface area contributed by atoms with Crippen molar-refractivity contribution in [2.45, 2.75) is 33.1 Å². The van der Waals surface area contributed by atoms with Crippen LogP contribution in [0.2, 0.25) is 0 Å². The van der Waals surface area contributed by atoms with Crippen molar-refractivity contribution in [3.63, 3.8) is 0 Å². The summed E-state index contributed by atoms with van der Waals surface area (Å²) in [6.07, 6.45) is 1.06. The van der Waals surface area contributed by atoms with Crippen molar-refractivity contribution in [1.82, 2.24) is 9.97 Å². The van der Waals surface area contributed by atoms with Gasteiger partial charge in [-0.05, 0) is 40.0 Å². The summed E-state index contributed by atoms with van der Waals surface area (Å²) in [5.41, 5.74) is 2.47. The van der Waals surface area contributed by atoms with Gasteiger partial charge in [0.25, 0.3) is 0 Å². The van der Waals surface area contributed by atoms with E-state index in [2.05, 4.69) is 75.8 Å². The Labute approximate surface area is 129 Å². The molecule has 1 aromatic heterocycles. The topological polar surface area (TPSA) is 29.0 Å². The van der Waals surface area contributed by atoms with E-state index in [1.54, 1.807) is 0 Å². The molecule has 2 rings (SSSR count). The van der Waals surface area contributed by atoms with Crippen molar-refractivity contribution in [3.05, 3.63) is 46.3 Å². The Morgan fingerprint density at radius 1 is 1.15 bits per heavy atom. The fraction of sp³-hybridized carbons (Fsp3) is 0.375. The van der Waals surface area contributed by atoms with Crippen LogP contribution in [0.15, 0.2) is 34.9 Å². The third-order valence-electron chi connectivity index (χ3n) is 3.29. The first-order valence-electron chi connectivity index (χ1n) is 6.88. The summed E-state index contributed by atoms with van der Waals surface area (Å²) in [6.45, 7) is 6.36. The van der Waals surface area contributed by atoms with Crippen LogP contribution in [0.3, 0.4) is 0 Å². The minimum Gasteiger partial charge on any atom is -0.329 e. The predicted octanol–water partition coefficient (Wildman–Crippen LogP) is 4.69. The molecule has 0 radical (unpaired) electrons. The van der Waals surface area contributed by atoms with E-state index in [0.29, 0.717) is 5.92 Å². The molecule has 0 spiro atoms. The molecule has 0 aliphatic carbocycles. The predicted molar refractivity (Wildman–Crippen MR) is 87.7 cm³/mol. The van der Waals surface area contributed by atoms with Crippen molar-refractivity contribution < 1.29 is 0 Å². The van der Waals surface area contributed by atoms with Crippen molar-refractivity contribution in [3.8, 4) is 0 Å². The van der Waals surface area contributed by atoms with Crippen LogP contribution in [-0.2, 0) is 6.42 Å². The zero-order valence-electron chi connectivity index (χ0n) is 12.4. The molecule has 4 heteroatoms. The largest absolute Gasteiger partial charge is 0.329 e. The van der Waals surface area contributed by atoms with E-state index in [4.69, 9.17) is 0 Å². The second-order valence-corrected chi connectivity index (χ2v) is 5.95. The third-order valence-corrected chi connectivity index (χ3v) is 3.70. The molecule has 0 bridgehead atoms. The van der Waals surface area contributed by atoms with Gasteiger partial charge in [0, 0.05) is 24.7 Å². The van der Waals surface area contributed by atoms with E-state index in [9.17, 15) is 0 Å². The van der Waals surface area contributed by atoms with E-state index in [1.807, 2.05) is 13.1 Å². The molecule has 3 nitrogen and oxygen atoms in total. The van der Waals surface area contributed by atoms with Gasteiger partial charge in [0.15, 0.2) is 0 Å². The summed E-state index contributed by atoms with van der Waals surface area (Å²) < 4.78 is 0.822. The van der Waals surface area contributed by atoms with Gasteiger partial charge in [-0.25, -0.2) is 9.97 Å². The Morgan fingerprint density at radius 2 is 1.80 bits per heavy atom. The van der Waals surface area contributed by atoms with Crippen LogP contribution in [0.1, 0.15) is 38.1 Å². The van der Waals surface area contributed by atoms with Gasteiger partial charge >= 0.3 is 0 Å². The molecular formula is C16H20BrN3. The molecule has 0 unspecified atom stereocenters. The van der Waals surface area contributed by atoms with Gasteiger partial charge in [-0.3, -0.25) is 0 Å². The van der Waals surface area contributed by atoms with E-state index in [-0.39, 0.29) is 0 Å². The van der Waals surface area contributed by atoms with Gasteiger partial charge in [0.1, 0.15) is 16.2 Å². The molecule has 20 heavy (non-hydrogen) atoms. The lowest BCUT2D eigenvalue weighted by molar-refractivity contribution is 0.767. The molecule has 0 aliphatic heterocycles. The SMILES string of the molecule is CCc1ccc(N(C)c2cc(Br)nc(C(C)C)n2)cc1. The lowest BCUT2D eigenvalue weighted by Gasteiger charge is -2.20. The maximum Gasteiger partial charge on any atom is 0.137 e. The number of halogens is 1. The number of benzene rings is 1. The van der Waals surface area contributed by atoms with E-state index < -0.39 is 0 Å². The molecule has 0 aliphatic rings. The summed E-state index contributed by atoms with van der Waals surface area (Å²) >= 11 is 3.47. The summed E-state index contributed by atoms with van der Waals surface area (Å²) in [7, 11) is 2.03. The Bertz CT molecular complexity index is 579. The summed E-state index contributed by atoms with van der Waals surface area (Å²) in [4.78, 5) is 11.1. The fourth-order valence-electron chi connectivity index (χ4n) is 1.94. The molecule has 0 N–H and O–H groups in total. The highest BCUT2D eigenvalue weighted by Crippen LogP contribution is 2.25. The average molecular weight is 334 g/mol. The normalized spacial score (nSPS) is 10.9. The zero-order valence-corrected chi connectivity index (χ0v) is 14.0. The molecule has 106 valence electrons. The van der Waals surface area contributed by atoms with Crippen molar-refractivity contribution in [1.29, 1.82) is 0 Å². The molecule has 2 aromatic rings. The number of hydrogen-bond acceptors (Lipinski definition) is 3. The van der Waals surface area contributed by atoms with Crippen LogP contribution in [0.25, 0.3) is 0 Å². The second kappa shape index (κ2) is 6.35. The molecule has 1 heterocycles. The Hall–Kier alpha value is -1.42. The minimum atomic E-state index is 0.308. The third kappa shape index (κ3) is 3.37. The van der Waals surface area contributed by atoms with Crippen LogP contribution in [0.4, 0.5) is 11.5 Å². The number of hydrogen-bond donors (Lipinski definition) is 0. The van der Waals surface area contributed by atoms with Crippen LogP contribution >= 0.6 is 15.9 Å². The number of anilines is 2. The number of aromatic nitrogens is 2. The Morgan fingerprint density at radius 3 is 2.35 bits per heavy atom. The Balaban J connectivity index is 2.34. The molecule has 1 aromatic carbocycles. The number of rotatable bonds is 4. The van der Waals surface area contributed by atoms with Gasteiger partial charge in [-0.1, -0.05) is 32.9 Å². The minimum absolute atomic E-state index is 0.308. The molecular weight excluding hydrogens is 314 g/mol. The molecule has 0 fully saturated rings. The summed E-state index contributed by atoms with van der Waals surface area (Å²) in [5, 5.41) is 0. The van der Waals surface area contributed by atoms with Gasteiger partial charge < -0.3 is 4.90 Å². The summed E-state index contributed by atoms with van der Waals surface area (Å²) in [6, 6.07) is 10.5. The highest BCUT2D eigenvalue weighted by Gasteiger charge is 2.11. The highest BCUT2D eigenvalue weighted by molar-refractivity contribution is 9.10. The molecule has 0 atom stereocenters.